The van der Waals surface area contributed by atoms with E-state index in [0.717, 1.165) is 0 Å². The molecule has 152 valence electrons. The number of primary sulfonamides is 1. The molecule has 0 saturated heterocycles. The molecule has 7 nitrogen and oxygen atoms in total. The molecule has 3 rings (SSSR count). The maximum atomic E-state index is 13.4. The zero-order valence-corrected chi connectivity index (χ0v) is 16.3. The van der Waals surface area contributed by atoms with E-state index < -0.39 is 21.7 Å². The number of furan rings is 1. The molecule has 29 heavy (non-hydrogen) atoms. The summed E-state index contributed by atoms with van der Waals surface area (Å²) in [5, 5.41) is 14.9. The van der Waals surface area contributed by atoms with Crippen LogP contribution in [0.2, 0.25) is 0 Å². The lowest BCUT2D eigenvalue weighted by molar-refractivity contribution is -0.159. The van der Waals surface area contributed by atoms with Gasteiger partial charge in [-0.15, -0.1) is 0 Å². The summed E-state index contributed by atoms with van der Waals surface area (Å²) in [6, 6.07) is 11.8. The van der Waals surface area contributed by atoms with Crippen molar-refractivity contribution in [3.8, 4) is 22.3 Å². The quantitative estimate of drug-likeness (QED) is 0.471. The van der Waals surface area contributed by atoms with Crippen molar-refractivity contribution in [3.05, 3.63) is 66.4 Å². The molecule has 2 aromatic carbocycles. The molecule has 0 radical (unpaired) electrons. The molecule has 0 bridgehead atoms. The second kappa shape index (κ2) is 8.16. The number of nitrogens with two attached hydrogens (primary N) is 1. The van der Waals surface area contributed by atoms with E-state index in [-0.39, 0.29) is 17.7 Å². The van der Waals surface area contributed by atoms with E-state index in [1.807, 2.05) is 0 Å². The van der Waals surface area contributed by atoms with Gasteiger partial charge in [-0.1, -0.05) is 24.3 Å². The molecule has 0 saturated carbocycles. The summed E-state index contributed by atoms with van der Waals surface area (Å²) in [7, 11) is -2.58. The van der Waals surface area contributed by atoms with E-state index in [1.54, 1.807) is 24.3 Å². The second-order valence-corrected chi connectivity index (χ2v) is 8.00. The summed E-state index contributed by atoms with van der Waals surface area (Å²) in [4.78, 5) is 11.7. The van der Waals surface area contributed by atoms with E-state index in [1.165, 1.54) is 37.6 Å². The van der Waals surface area contributed by atoms with Crippen LogP contribution in [0.3, 0.4) is 0 Å². The minimum absolute atomic E-state index is 0.0124. The van der Waals surface area contributed by atoms with Gasteiger partial charge in [0.05, 0.1) is 11.2 Å². The Kier molecular flexibility index (Phi) is 5.83. The van der Waals surface area contributed by atoms with Crippen LogP contribution in [0, 0.1) is 5.82 Å². The van der Waals surface area contributed by atoms with Gasteiger partial charge in [0.1, 0.15) is 11.6 Å². The SMILES string of the molecule is CN(O)C(=O)CCc1occ(-c2ccc(S(N)(=O)=O)cc2)c1-c1ccc(F)cc1. The molecule has 3 aromatic rings. The molecule has 1 aromatic heterocycles. The first kappa shape index (κ1) is 20.7. The van der Waals surface area contributed by atoms with Gasteiger partial charge in [0.2, 0.25) is 15.9 Å². The number of benzene rings is 2. The number of rotatable bonds is 6. The molecule has 0 unspecified atom stereocenters. The number of hydrogen-bond acceptors (Lipinski definition) is 5. The van der Waals surface area contributed by atoms with Crippen LogP contribution in [-0.2, 0) is 21.2 Å². The highest BCUT2D eigenvalue weighted by Crippen LogP contribution is 2.37. The zero-order chi connectivity index (χ0) is 21.2. The first-order chi connectivity index (χ1) is 13.7. The van der Waals surface area contributed by atoms with Gasteiger partial charge in [-0.05, 0) is 35.4 Å². The van der Waals surface area contributed by atoms with Crippen LogP contribution >= 0.6 is 0 Å². The summed E-state index contributed by atoms with van der Waals surface area (Å²) in [6.07, 6.45) is 1.72. The van der Waals surface area contributed by atoms with Gasteiger partial charge in [0.25, 0.3) is 0 Å². The Bertz CT molecular complexity index is 1120. The Balaban J connectivity index is 2.05. The fourth-order valence-corrected chi connectivity index (χ4v) is 3.45. The largest absolute Gasteiger partial charge is 0.468 e. The number of carbonyl (C=O) groups is 1. The number of halogens is 1. The van der Waals surface area contributed by atoms with E-state index in [0.29, 0.717) is 33.1 Å². The highest BCUT2D eigenvalue weighted by atomic mass is 32.2. The van der Waals surface area contributed by atoms with Crippen LogP contribution in [0.25, 0.3) is 22.3 Å². The molecule has 0 spiro atoms. The Hall–Kier alpha value is -3.01. The molecule has 0 aliphatic rings. The van der Waals surface area contributed by atoms with Crippen molar-refractivity contribution < 1.29 is 27.2 Å². The molecule has 0 atom stereocenters. The van der Waals surface area contributed by atoms with Crippen LogP contribution in [0.4, 0.5) is 4.39 Å². The molecule has 0 aliphatic heterocycles. The normalized spacial score (nSPS) is 11.4. The van der Waals surface area contributed by atoms with Crippen molar-refractivity contribution in [2.45, 2.75) is 17.7 Å². The van der Waals surface area contributed by atoms with E-state index >= 15 is 0 Å². The van der Waals surface area contributed by atoms with Crippen molar-refractivity contribution in [1.82, 2.24) is 5.06 Å². The number of amides is 1. The van der Waals surface area contributed by atoms with Crippen molar-refractivity contribution in [2.24, 2.45) is 5.14 Å². The number of hydrogen-bond donors (Lipinski definition) is 2. The molecule has 1 amide bonds. The number of nitrogens with zero attached hydrogens (tertiary/aromatic N) is 1. The van der Waals surface area contributed by atoms with Crippen molar-refractivity contribution >= 4 is 15.9 Å². The topological polar surface area (TPSA) is 114 Å². The van der Waals surface area contributed by atoms with Gasteiger partial charge >= 0.3 is 0 Å². The third-order valence-electron chi connectivity index (χ3n) is 4.42. The fraction of sp³-hybridized carbons (Fsp3) is 0.150. The van der Waals surface area contributed by atoms with Crippen molar-refractivity contribution in [3.63, 3.8) is 0 Å². The molecule has 0 aliphatic carbocycles. The third-order valence-corrected chi connectivity index (χ3v) is 5.35. The van der Waals surface area contributed by atoms with E-state index in [2.05, 4.69) is 0 Å². The Morgan fingerprint density at radius 2 is 1.69 bits per heavy atom. The molecule has 3 N–H and O–H groups in total. The van der Waals surface area contributed by atoms with Crippen LogP contribution in [0.1, 0.15) is 12.2 Å². The van der Waals surface area contributed by atoms with Gasteiger partial charge in [-0.25, -0.2) is 23.0 Å². The van der Waals surface area contributed by atoms with Gasteiger partial charge in [0.15, 0.2) is 0 Å². The summed E-state index contributed by atoms with van der Waals surface area (Å²) in [5.41, 5.74) is 2.64. The summed E-state index contributed by atoms with van der Waals surface area (Å²) in [5.74, 6) is -0.391. The van der Waals surface area contributed by atoms with Crippen LogP contribution in [0.5, 0.6) is 0 Å². The maximum Gasteiger partial charge on any atom is 0.246 e. The summed E-state index contributed by atoms with van der Waals surface area (Å²) < 4.78 is 42.0. The lowest BCUT2D eigenvalue weighted by Gasteiger charge is -2.09. The lowest BCUT2D eigenvalue weighted by atomic mass is 9.95. The smallest absolute Gasteiger partial charge is 0.246 e. The fourth-order valence-electron chi connectivity index (χ4n) is 2.93. The average Bonchev–Trinajstić information content (AvgIpc) is 3.10. The van der Waals surface area contributed by atoms with Crippen molar-refractivity contribution in [2.75, 3.05) is 7.05 Å². The number of hydroxylamine groups is 2. The monoisotopic (exact) mass is 418 g/mol. The maximum absolute atomic E-state index is 13.4. The van der Waals surface area contributed by atoms with Crippen molar-refractivity contribution in [1.29, 1.82) is 0 Å². The van der Waals surface area contributed by atoms with E-state index in [4.69, 9.17) is 9.56 Å². The third kappa shape index (κ3) is 4.70. The van der Waals surface area contributed by atoms with E-state index in [9.17, 15) is 22.8 Å². The van der Waals surface area contributed by atoms with Gasteiger partial charge < -0.3 is 4.42 Å². The molecular weight excluding hydrogens is 399 g/mol. The predicted molar refractivity (Wildman–Crippen MR) is 104 cm³/mol. The number of sulfonamides is 1. The van der Waals surface area contributed by atoms with Crippen LogP contribution in [-0.4, -0.2) is 31.6 Å². The Morgan fingerprint density at radius 1 is 1.10 bits per heavy atom. The molecular formula is C20H19FN2O5S. The average molecular weight is 418 g/mol. The summed E-state index contributed by atoms with van der Waals surface area (Å²) >= 11 is 0. The number of carbonyl (C=O) groups excluding carboxylic acids is 1. The highest BCUT2D eigenvalue weighted by Gasteiger charge is 2.19. The van der Waals surface area contributed by atoms with Gasteiger partial charge in [-0.2, -0.15) is 0 Å². The Morgan fingerprint density at radius 3 is 2.24 bits per heavy atom. The van der Waals surface area contributed by atoms with Crippen LogP contribution in [0.15, 0.2) is 64.1 Å². The highest BCUT2D eigenvalue weighted by molar-refractivity contribution is 7.89. The standard InChI is InChI=1S/C20H19FN2O5S/c1-23(25)19(24)11-10-18-20(14-2-6-15(21)7-3-14)17(12-28-18)13-4-8-16(9-5-13)29(22,26)27/h2-9,12,25H,10-11H2,1H3,(H2,22,26,27). The molecule has 1 heterocycles. The lowest BCUT2D eigenvalue weighted by Crippen LogP contribution is -2.22. The predicted octanol–water partition coefficient (Wildman–Crippen LogP) is 3.18. The van der Waals surface area contributed by atoms with Gasteiger partial charge in [-0.3, -0.25) is 10.0 Å². The minimum Gasteiger partial charge on any atom is -0.468 e. The Labute approximate surface area is 167 Å². The molecule has 9 heteroatoms. The first-order valence-electron chi connectivity index (χ1n) is 8.62. The zero-order valence-electron chi connectivity index (χ0n) is 15.5. The number of aryl methyl sites for hydroxylation is 1. The van der Waals surface area contributed by atoms with Crippen LogP contribution < -0.4 is 5.14 Å². The first-order valence-corrected chi connectivity index (χ1v) is 10.2. The van der Waals surface area contributed by atoms with Gasteiger partial charge in [0, 0.05) is 31.0 Å². The minimum atomic E-state index is -3.82. The summed E-state index contributed by atoms with van der Waals surface area (Å²) in [6.45, 7) is 0. The molecule has 0 fully saturated rings. The second-order valence-electron chi connectivity index (χ2n) is 6.44.